The van der Waals surface area contributed by atoms with Crippen molar-refractivity contribution >= 4 is 33.6 Å². The maximum absolute atomic E-state index is 11.5. The van der Waals surface area contributed by atoms with Crippen molar-refractivity contribution in [1.82, 2.24) is 4.90 Å². The van der Waals surface area contributed by atoms with Crippen LogP contribution in [0.25, 0.3) is 16.3 Å². The van der Waals surface area contributed by atoms with Crippen molar-refractivity contribution in [3.63, 3.8) is 0 Å². The molecule has 1 aliphatic rings. The van der Waals surface area contributed by atoms with Crippen molar-refractivity contribution in [3.8, 4) is 0 Å². The number of benzene rings is 2. The normalized spacial score (nSPS) is 17.4. The molecule has 0 saturated heterocycles. The van der Waals surface area contributed by atoms with Gasteiger partial charge >= 0.3 is 0 Å². The van der Waals surface area contributed by atoms with Gasteiger partial charge in [0.2, 0.25) is 0 Å². The summed E-state index contributed by atoms with van der Waals surface area (Å²) >= 11 is 1.68. The first-order chi connectivity index (χ1) is 11.3. The molecular formula is C20H15NOS. The highest BCUT2D eigenvalue weighted by atomic mass is 32.1. The molecule has 4 rings (SSSR count). The van der Waals surface area contributed by atoms with Gasteiger partial charge in [0.05, 0.1) is 5.92 Å². The van der Waals surface area contributed by atoms with E-state index in [2.05, 4.69) is 66.1 Å². The SMILES string of the molecule is CN1C=C(c2cccc3ccccc23)C(c2cccs2)C1=C=O. The molecule has 1 aliphatic heterocycles. The van der Waals surface area contributed by atoms with Crippen LogP contribution in [0, 0.1) is 0 Å². The lowest BCUT2D eigenvalue weighted by atomic mass is 9.89. The third-order valence-electron chi connectivity index (χ3n) is 4.33. The van der Waals surface area contributed by atoms with E-state index in [4.69, 9.17) is 0 Å². The molecule has 1 aromatic heterocycles. The molecule has 3 heteroatoms. The number of fused-ring (bicyclic) bond motifs is 1. The molecule has 0 N–H and O–H groups in total. The summed E-state index contributed by atoms with van der Waals surface area (Å²) in [4.78, 5) is 14.6. The van der Waals surface area contributed by atoms with E-state index in [9.17, 15) is 4.79 Å². The predicted octanol–water partition coefficient (Wildman–Crippen LogP) is 4.69. The molecule has 0 radical (unpaired) electrons. The average molecular weight is 317 g/mol. The van der Waals surface area contributed by atoms with Gasteiger partial charge < -0.3 is 4.90 Å². The second-order valence-electron chi connectivity index (χ2n) is 5.66. The molecule has 2 heterocycles. The average Bonchev–Trinajstić information content (AvgIpc) is 3.21. The first-order valence-corrected chi connectivity index (χ1v) is 8.38. The Bertz CT molecular complexity index is 943. The van der Waals surface area contributed by atoms with Gasteiger partial charge in [-0.25, -0.2) is 4.79 Å². The minimum Gasteiger partial charge on any atom is -0.344 e. The van der Waals surface area contributed by atoms with Crippen LogP contribution in [0.1, 0.15) is 16.4 Å². The van der Waals surface area contributed by atoms with Gasteiger partial charge in [0.25, 0.3) is 0 Å². The van der Waals surface area contributed by atoms with E-state index in [1.165, 1.54) is 21.2 Å². The summed E-state index contributed by atoms with van der Waals surface area (Å²) in [7, 11) is 1.92. The van der Waals surface area contributed by atoms with Gasteiger partial charge in [-0.1, -0.05) is 48.5 Å². The van der Waals surface area contributed by atoms with Crippen molar-refractivity contribution in [2.24, 2.45) is 0 Å². The van der Waals surface area contributed by atoms with Gasteiger partial charge in [0, 0.05) is 18.1 Å². The Morgan fingerprint density at radius 1 is 1.04 bits per heavy atom. The van der Waals surface area contributed by atoms with Crippen LogP contribution in [0.2, 0.25) is 0 Å². The monoisotopic (exact) mass is 317 g/mol. The van der Waals surface area contributed by atoms with E-state index in [-0.39, 0.29) is 5.92 Å². The number of thiophene rings is 1. The molecule has 0 aliphatic carbocycles. The summed E-state index contributed by atoms with van der Waals surface area (Å²) in [5.74, 6) is 2.11. The summed E-state index contributed by atoms with van der Waals surface area (Å²) in [5, 5.41) is 4.47. The fourth-order valence-electron chi connectivity index (χ4n) is 3.28. The number of carbonyl (C=O) groups excluding carboxylic acids is 1. The molecule has 3 aromatic rings. The van der Waals surface area contributed by atoms with Crippen LogP contribution < -0.4 is 0 Å². The van der Waals surface area contributed by atoms with Gasteiger partial charge in [0.15, 0.2) is 0 Å². The zero-order valence-corrected chi connectivity index (χ0v) is 13.5. The molecule has 2 aromatic carbocycles. The molecule has 0 fully saturated rings. The van der Waals surface area contributed by atoms with Crippen molar-refractivity contribution in [1.29, 1.82) is 0 Å². The quantitative estimate of drug-likeness (QED) is 0.639. The third kappa shape index (κ3) is 2.22. The number of hydrogen-bond acceptors (Lipinski definition) is 3. The smallest absolute Gasteiger partial charge is 0.147 e. The van der Waals surface area contributed by atoms with Crippen LogP contribution in [0.4, 0.5) is 0 Å². The summed E-state index contributed by atoms with van der Waals surface area (Å²) in [6, 6.07) is 18.8. The zero-order chi connectivity index (χ0) is 15.8. The fraction of sp³-hybridized carbons (Fsp3) is 0.100. The van der Waals surface area contributed by atoms with E-state index in [0.29, 0.717) is 5.70 Å². The number of rotatable bonds is 2. The second-order valence-corrected chi connectivity index (χ2v) is 6.64. The predicted molar refractivity (Wildman–Crippen MR) is 96.0 cm³/mol. The number of likely N-dealkylation sites (N-methyl/N-ethyl adjacent to an activating group) is 1. The topological polar surface area (TPSA) is 20.3 Å². The van der Waals surface area contributed by atoms with Crippen LogP contribution >= 0.6 is 11.3 Å². The van der Waals surface area contributed by atoms with Gasteiger partial charge in [-0.05, 0) is 33.4 Å². The molecule has 1 unspecified atom stereocenters. The third-order valence-corrected chi connectivity index (χ3v) is 5.27. The Morgan fingerprint density at radius 3 is 2.65 bits per heavy atom. The van der Waals surface area contributed by atoms with E-state index < -0.39 is 0 Å². The molecule has 112 valence electrons. The van der Waals surface area contributed by atoms with Gasteiger partial charge in [-0.15, -0.1) is 11.3 Å². The largest absolute Gasteiger partial charge is 0.344 e. The Kier molecular flexibility index (Phi) is 3.38. The van der Waals surface area contributed by atoms with Crippen LogP contribution in [0.3, 0.4) is 0 Å². The highest BCUT2D eigenvalue weighted by molar-refractivity contribution is 7.10. The minimum absolute atomic E-state index is 0.0386. The molecule has 23 heavy (non-hydrogen) atoms. The van der Waals surface area contributed by atoms with E-state index in [1.807, 2.05) is 18.0 Å². The van der Waals surface area contributed by atoms with E-state index >= 15 is 0 Å². The highest BCUT2D eigenvalue weighted by Crippen LogP contribution is 2.46. The fourth-order valence-corrected chi connectivity index (χ4v) is 4.13. The minimum atomic E-state index is -0.0386. The second kappa shape index (κ2) is 5.54. The van der Waals surface area contributed by atoms with Gasteiger partial charge in [-0.3, -0.25) is 0 Å². The molecule has 1 atom stereocenters. The number of nitrogens with zero attached hydrogens (tertiary/aromatic N) is 1. The van der Waals surface area contributed by atoms with Crippen molar-refractivity contribution in [2.45, 2.75) is 5.92 Å². The maximum Gasteiger partial charge on any atom is 0.147 e. The van der Waals surface area contributed by atoms with E-state index in [1.54, 1.807) is 11.3 Å². The van der Waals surface area contributed by atoms with Crippen molar-refractivity contribution in [3.05, 3.63) is 82.3 Å². The Morgan fingerprint density at radius 2 is 1.87 bits per heavy atom. The Hall–Kier alpha value is -2.61. The Labute approximate surface area is 139 Å². The van der Waals surface area contributed by atoms with E-state index in [0.717, 1.165) is 5.57 Å². The van der Waals surface area contributed by atoms with Crippen LogP contribution in [0.15, 0.2) is 71.9 Å². The standard InChI is InChI=1S/C20H15NOS/c1-21-12-17(20(18(21)13-22)19-10-5-11-23-19)16-9-4-7-14-6-2-3-8-15(14)16/h2-12,20H,1H3. The van der Waals surface area contributed by atoms with Crippen molar-refractivity contribution in [2.75, 3.05) is 7.05 Å². The molecule has 2 nitrogen and oxygen atoms in total. The molecule has 0 saturated carbocycles. The Balaban J connectivity index is 1.95. The summed E-state index contributed by atoms with van der Waals surface area (Å²) in [6.45, 7) is 0. The lowest BCUT2D eigenvalue weighted by molar-refractivity contribution is 0.536. The molecule has 0 bridgehead atoms. The van der Waals surface area contributed by atoms with Crippen LogP contribution in [0.5, 0.6) is 0 Å². The maximum atomic E-state index is 11.5. The number of allylic oxidation sites excluding steroid dienone is 1. The lowest BCUT2D eigenvalue weighted by Gasteiger charge is -2.16. The first-order valence-electron chi connectivity index (χ1n) is 7.50. The molecular weight excluding hydrogens is 302 g/mol. The zero-order valence-electron chi connectivity index (χ0n) is 12.7. The lowest BCUT2D eigenvalue weighted by Crippen LogP contribution is -2.10. The van der Waals surface area contributed by atoms with Gasteiger partial charge in [-0.2, -0.15) is 0 Å². The van der Waals surface area contributed by atoms with Crippen LogP contribution in [-0.2, 0) is 4.79 Å². The highest BCUT2D eigenvalue weighted by Gasteiger charge is 2.33. The first kappa shape index (κ1) is 14.0. The molecule has 0 amide bonds. The summed E-state index contributed by atoms with van der Waals surface area (Å²) in [6.07, 6.45) is 2.06. The molecule has 0 spiro atoms. The summed E-state index contributed by atoms with van der Waals surface area (Å²) < 4.78 is 0. The summed E-state index contributed by atoms with van der Waals surface area (Å²) in [5.41, 5.74) is 3.01. The van der Waals surface area contributed by atoms with Gasteiger partial charge in [0.1, 0.15) is 11.6 Å². The van der Waals surface area contributed by atoms with Crippen LogP contribution in [-0.4, -0.2) is 17.9 Å². The number of hydrogen-bond donors (Lipinski definition) is 0. The van der Waals surface area contributed by atoms with Crippen molar-refractivity contribution < 1.29 is 4.79 Å².